The maximum Gasteiger partial charge on any atom is 0.240 e. The molecule has 1 aromatic heterocycles. The number of ether oxygens (including phenoxy) is 2. The highest BCUT2D eigenvalue weighted by Gasteiger charge is 2.30. The number of para-hydroxylation sites is 1. The molecule has 0 aliphatic carbocycles. The van der Waals surface area contributed by atoms with Crippen LogP contribution in [0, 0.1) is 0 Å². The van der Waals surface area contributed by atoms with Gasteiger partial charge in [0, 0.05) is 11.6 Å². The molecule has 0 bridgehead atoms. The van der Waals surface area contributed by atoms with E-state index in [9.17, 15) is 4.79 Å². The van der Waals surface area contributed by atoms with Gasteiger partial charge in [-0.05, 0) is 49.7 Å². The second kappa shape index (κ2) is 8.16. The molecule has 4 rings (SSSR count). The lowest BCUT2D eigenvalue weighted by Gasteiger charge is -2.25. The summed E-state index contributed by atoms with van der Waals surface area (Å²) in [7, 11) is 3.33. The zero-order valence-corrected chi connectivity index (χ0v) is 16.8. The van der Waals surface area contributed by atoms with Crippen molar-refractivity contribution in [2.45, 2.75) is 18.9 Å². The van der Waals surface area contributed by atoms with E-state index in [1.807, 2.05) is 42.5 Å². The Morgan fingerprint density at radius 2 is 2.11 bits per heavy atom. The summed E-state index contributed by atoms with van der Waals surface area (Å²) in [4.78, 5) is 19.3. The van der Waals surface area contributed by atoms with Gasteiger partial charge in [0.2, 0.25) is 5.91 Å². The monoisotopic (exact) mass is 397 g/mol. The highest BCUT2D eigenvalue weighted by Crippen LogP contribution is 2.38. The smallest absolute Gasteiger partial charge is 0.240 e. The first kappa shape index (κ1) is 18.7. The van der Waals surface area contributed by atoms with Crippen LogP contribution in [0.4, 0.5) is 5.13 Å². The van der Waals surface area contributed by atoms with E-state index in [0.29, 0.717) is 11.7 Å². The van der Waals surface area contributed by atoms with E-state index in [4.69, 9.17) is 9.47 Å². The molecule has 1 unspecified atom stereocenters. The lowest BCUT2D eigenvalue weighted by molar-refractivity contribution is -0.117. The van der Waals surface area contributed by atoms with E-state index in [-0.39, 0.29) is 11.9 Å². The summed E-state index contributed by atoms with van der Waals surface area (Å²) in [5, 5.41) is 3.59. The molecule has 1 amide bonds. The fourth-order valence-corrected chi connectivity index (χ4v) is 4.62. The largest absolute Gasteiger partial charge is 0.497 e. The summed E-state index contributed by atoms with van der Waals surface area (Å²) >= 11 is 1.49. The zero-order valence-electron chi connectivity index (χ0n) is 16.0. The SMILES string of the molecule is COc1ccc(OC)c(C2CCCN2CC(=O)Nc2nc3ccccc3s2)c1. The Labute approximate surface area is 168 Å². The van der Waals surface area contributed by atoms with Crippen LogP contribution in [0.2, 0.25) is 0 Å². The third-order valence-corrected chi connectivity index (χ3v) is 6.00. The molecule has 1 aliphatic heterocycles. The van der Waals surface area contributed by atoms with Crippen LogP contribution >= 0.6 is 11.3 Å². The lowest BCUT2D eigenvalue weighted by Crippen LogP contribution is -2.33. The number of thiazole rings is 1. The molecule has 1 saturated heterocycles. The molecule has 2 heterocycles. The maximum absolute atomic E-state index is 12.7. The number of nitrogens with zero attached hydrogens (tertiary/aromatic N) is 2. The molecular formula is C21H23N3O3S. The average molecular weight is 398 g/mol. The summed E-state index contributed by atoms with van der Waals surface area (Å²) in [5.74, 6) is 1.57. The number of hydrogen-bond acceptors (Lipinski definition) is 6. The van der Waals surface area contributed by atoms with Crippen molar-refractivity contribution >= 4 is 32.6 Å². The van der Waals surface area contributed by atoms with Crippen LogP contribution in [0.5, 0.6) is 11.5 Å². The van der Waals surface area contributed by atoms with Crippen LogP contribution in [-0.2, 0) is 4.79 Å². The van der Waals surface area contributed by atoms with Gasteiger partial charge in [-0.1, -0.05) is 23.5 Å². The van der Waals surface area contributed by atoms with Crippen molar-refractivity contribution in [2.75, 3.05) is 32.6 Å². The number of methoxy groups -OCH3 is 2. The fourth-order valence-electron chi connectivity index (χ4n) is 3.74. The van der Waals surface area contributed by atoms with E-state index in [2.05, 4.69) is 15.2 Å². The number of hydrogen-bond donors (Lipinski definition) is 1. The number of anilines is 1. The van der Waals surface area contributed by atoms with Gasteiger partial charge in [0.1, 0.15) is 11.5 Å². The molecule has 2 aromatic carbocycles. The van der Waals surface area contributed by atoms with E-state index < -0.39 is 0 Å². The number of rotatable bonds is 6. The molecule has 1 N–H and O–H groups in total. The highest BCUT2D eigenvalue weighted by molar-refractivity contribution is 7.22. The molecule has 3 aromatic rings. The first-order chi connectivity index (χ1) is 13.7. The molecule has 1 fully saturated rings. The summed E-state index contributed by atoms with van der Waals surface area (Å²) in [6.07, 6.45) is 2.03. The van der Waals surface area contributed by atoms with Crippen molar-refractivity contribution in [1.29, 1.82) is 0 Å². The fraction of sp³-hybridized carbons (Fsp3) is 0.333. The van der Waals surface area contributed by atoms with Gasteiger partial charge in [0.15, 0.2) is 5.13 Å². The molecular weight excluding hydrogens is 374 g/mol. The minimum absolute atomic E-state index is 0.0483. The third kappa shape index (κ3) is 3.81. The quantitative estimate of drug-likeness (QED) is 0.679. The van der Waals surface area contributed by atoms with Crippen molar-refractivity contribution < 1.29 is 14.3 Å². The first-order valence-electron chi connectivity index (χ1n) is 9.29. The topological polar surface area (TPSA) is 63.7 Å². The van der Waals surface area contributed by atoms with Crippen LogP contribution in [0.3, 0.4) is 0 Å². The van der Waals surface area contributed by atoms with Crippen molar-refractivity contribution in [1.82, 2.24) is 9.88 Å². The Balaban J connectivity index is 1.48. The molecule has 146 valence electrons. The number of carbonyl (C=O) groups excluding carboxylic acids is 1. The Kier molecular flexibility index (Phi) is 5.45. The Hall–Kier alpha value is -2.64. The van der Waals surface area contributed by atoms with Gasteiger partial charge >= 0.3 is 0 Å². The molecule has 0 spiro atoms. The molecule has 6 nitrogen and oxygen atoms in total. The molecule has 0 radical (unpaired) electrons. The highest BCUT2D eigenvalue weighted by atomic mass is 32.1. The van der Waals surface area contributed by atoms with Gasteiger partial charge in [-0.2, -0.15) is 0 Å². The van der Waals surface area contributed by atoms with Crippen molar-refractivity contribution in [3.63, 3.8) is 0 Å². The molecule has 28 heavy (non-hydrogen) atoms. The number of benzene rings is 2. The van der Waals surface area contributed by atoms with E-state index in [1.165, 1.54) is 11.3 Å². The zero-order chi connectivity index (χ0) is 19.5. The number of amides is 1. The molecule has 0 saturated carbocycles. The summed E-state index contributed by atoms with van der Waals surface area (Å²) in [6, 6.07) is 13.8. The number of likely N-dealkylation sites (tertiary alicyclic amines) is 1. The van der Waals surface area contributed by atoms with Gasteiger partial charge in [0.05, 0.1) is 31.0 Å². The molecule has 7 heteroatoms. The minimum atomic E-state index is -0.0483. The van der Waals surface area contributed by atoms with Gasteiger partial charge in [-0.15, -0.1) is 0 Å². The van der Waals surface area contributed by atoms with Crippen LogP contribution in [0.1, 0.15) is 24.4 Å². The predicted octanol–water partition coefficient (Wildman–Crippen LogP) is 4.09. The Morgan fingerprint density at radius 3 is 2.89 bits per heavy atom. The normalized spacial score (nSPS) is 17.0. The Bertz CT molecular complexity index is 955. The number of fused-ring (bicyclic) bond motifs is 1. The van der Waals surface area contributed by atoms with Crippen molar-refractivity contribution in [2.24, 2.45) is 0 Å². The number of nitrogens with one attached hydrogen (secondary N) is 1. The standard InChI is InChI=1S/C21H23N3O3S/c1-26-14-9-10-18(27-2)15(12-14)17-7-5-11-24(17)13-20(25)23-21-22-16-6-3-4-8-19(16)28-21/h3-4,6,8-10,12,17H,5,7,11,13H2,1-2H3,(H,22,23,25). The number of carbonyl (C=O) groups is 1. The van der Waals surface area contributed by atoms with Gasteiger partial charge < -0.3 is 14.8 Å². The summed E-state index contributed by atoms with van der Waals surface area (Å²) in [5.41, 5.74) is 1.97. The molecule has 1 aliphatic rings. The van der Waals surface area contributed by atoms with Crippen molar-refractivity contribution in [3.05, 3.63) is 48.0 Å². The van der Waals surface area contributed by atoms with Crippen LogP contribution in [0.15, 0.2) is 42.5 Å². The first-order valence-corrected chi connectivity index (χ1v) is 10.1. The van der Waals surface area contributed by atoms with E-state index in [1.54, 1.807) is 14.2 Å². The average Bonchev–Trinajstić information content (AvgIpc) is 3.33. The summed E-state index contributed by atoms with van der Waals surface area (Å²) < 4.78 is 12.0. The van der Waals surface area contributed by atoms with Gasteiger partial charge in [-0.3, -0.25) is 9.69 Å². The van der Waals surface area contributed by atoms with Gasteiger partial charge in [-0.25, -0.2) is 4.98 Å². The second-order valence-electron chi connectivity index (χ2n) is 6.77. The third-order valence-electron chi connectivity index (χ3n) is 5.05. The number of aromatic nitrogens is 1. The van der Waals surface area contributed by atoms with Crippen LogP contribution in [-0.4, -0.2) is 43.1 Å². The second-order valence-corrected chi connectivity index (χ2v) is 7.80. The van der Waals surface area contributed by atoms with E-state index >= 15 is 0 Å². The lowest BCUT2D eigenvalue weighted by atomic mass is 10.0. The molecule has 1 atom stereocenters. The van der Waals surface area contributed by atoms with E-state index in [0.717, 1.165) is 46.7 Å². The predicted molar refractivity (Wildman–Crippen MR) is 111 cm³/mol. The Morgan fingerprint density at radius 1 is 1.25 bits per heavy atom. The minimum Gasteiger partial charge on any atom is -0.497 e. The summed E-state index contributed by atoms with van der Waals surface area (Å²) in [6.45, 7) is 1.19. The maximum atomic E-state index is 12.7. The van der Waals surface area contributed by atoms with Crippen molar-refractivity contribution in [3.8, 4) is 11.5 Å². The van der Waals surface area contributed by atoms with Crippen LogP contribution in [0.25, 0.3) is 10.2 Å². The van der Waals surface area contributed by atoms with Gasteiger partial charge in [0.25, 0.3) is 0 Å². The van der Waals surface area contributed by atoms with Crippen LogP contribution < -0.4 is 14.8 Å².